The Labute approximate surface area is 200 Å². The van der Waals surface area contributed by atoms with Crippen molar-refractivity contribution >= 4 is 17.3 Å². The minimum Gasteiger partial charge on any atom is -0.466 e. The van der Waals surface area contributed by atoms with E-state index in [9.17, 15) is 0 Å². The average molecular weight is 461 g/mol. The SMILES string of the molecule is CN1CCN(c2ccc3cc2CN(C)C/C=C/COCc2cc(co2)-c2ccnc(n2)N3)CC1. The molecule has 0 amide bonds. The summed E-state index contributed by atoms with van der Waals surface area (Å²) in [6.07, 6.45) is 7.71. The standard InChI is InChI=1S/C26H32N6O2/c1-30-10-12-32(13-11-30)25-6-5-22-15-20(25)17-31(2)9-3-4-14-33-19-23-16-21(18-34-23)24-7-8-27-26(28-22)29-24/h3-8,15-16,18H,9-14,17,19H2,1-2H3,(H,27,28,29)/b4-3+. The molecule has 0 unspecified atom stereocenters. The van der Waals surface area contributed by atoms with Gasteiger partial charge in [0.15, 0.2) is 0 Å². The zero-order chi connectivity index (χ0) is 23.3. The monoisotopic (exact) mass is 460 g/mol. The molecule has 1 N–H and O–H groups in total. The number of hydrogen-bond acceptors (Lipinski definition) is 8. The number of anilines is 3. The third-order valence-electron chi connectivity index (χ3n) is 6.27. The molecule has 6 bridgehead atoms. The minimum atomic E-state index is 0.426. The average Bonchev–Trinajstić information content (AvgIpc) is 3.31. The molecule has 2 aliphatic heterocycles. The molecule has 1 saturated heterocycles. The first-order chi connectivity index (χ1) is 16.6. The van der Waals surface area contributed by atoms with E-state index in [-0.39, 0.29) is 0 Å². The van der Waals surface area contributed by atoms with Crippen molar-refractivity contribution in [1.29, 1.82) is 0 Å². The second-order valence-corrected chi connectivity index (χ2v) is 9.01. The minimum absolute atomic E-state index is 0.426. The lowest BCUT2D eigenvalue weighted by Crippen LogP contribution is -2.45. The van der Waals surface area contributed by atoms with Crippen LogP contribution in [0.15, 0.2) is 59.4 Å². The van der Waals surface area contributed by atoms with Crippen LogP contribution in [0.1, 0.15) is 11.3 Å². The van der Waals surface area contributed by atoms with Gasteiger partial charge < -0.3 is 24.3 Å². The molecule has 1 aromatic carbocycles. The van der Waals surface area contributed by atoms with Crippen molar-refractivity contribution in [3.05, 3.63) is 66.3 Å². The van der Waals surface area contributed by atoms with Crippen molar-refractivity contribution < 1.29 is 9.15 Å². The molecule has 2 aromatic heterocycles. The van der Waals surface area contributed by atoms with Crippen molar-refractivity contribution in [3.8, 4) is 11.3 Å². The topological polar surface area (TPSA) is 69.9 Å². The predicted octanol–water partition coefficient (Wildman–Crippen LogP) is 3.75. The first kappa shape index (κ1) is 22.6. The van der Waals surface area contributed by atoms with Crippen molar-refractivity contribution in [1.82, 2.24) is 19.8 Å². The third kappa shape index (κ3) is 5.47. The van der Waals surface area contributed by atoms with Crippen LogP contribution in [-0.2, 0) is 17.9 Å². The van der Waals surface area contributed by atoms with Gasteiger partial charge in [-0.25, -0.2) is 9.97 Å². The predicted molar refractivity (Wildman–Crippen MR) is 134 cm³/mol. The molecule has 0 spiro atoms. The summed E-state index contributed by atoms with van der Waals surface area (Å²) in [6.45, 7) is 6.89. The van der Waals surface area contributed by atoms with E-state index >= 15 is 0 Å². The molecule has 4 heterocycles. The van der Waals surface area contributed by atoms with Crippen LogP contribution in [0.5, 0.6) is 0 Å². The summed E-state index contributed by atoms with van der Waals surface area (Å²) in [6, 6.07) is 10.4. The number of likely N-dealkylation sites (N-methyl/N-ethyl adjacent to an activating group) is 2. The lowest BCUT2D eigenvalue weighted by molar-refractivity contribution is 0.131. The molecule has 5 rings (SSSR count). The van der Waals surface area contributed by atoms with E-state index in [1.807, 2.05) is 12.1 Å². The maximum atomic E-state index is 5.75. The molecule has 0 radical (unpaired) electrons. The normalized spacial score (nSPS) is 19.2. The van der Waals surface area contributed by atoms with Crippen LogP contribution in [0.2, 0.25) is 0 Å². The van der Waals surface area contributed by atoms with Crippen molar-refractivity contribution in [2.24, 2.45) is 0 Å². The van der Waals surface area contributed by atoms with Gasteiger partial charge in [0.05, 0.1) is 12.3 Å². The first-order valence-electron chi connectivity index (χ1n) is 11.8. The summed E-state index contributed by atoms with van der Waals surface area (Å²) in [7, 11) is 4.33. The summed E-state index contributed by atoms with van der Waals surface area (Å²) in [5.41, 5.74) is 5.29. The molecule has 8 heteroatoms. The number of nitrogens with zero attached hydrogens (tertiary/aromatic N) is 5. The molecular weight excluding hydrogens is 428 g/mol. The van der Waals surface area contributed by atoms with Crippen molar-refractivity contribution in [2.45, 2.75) is 13.2 Å². The van der Waals surface area contributed by atoms with Gasteiger partial charge in [0.1, 0.15) is 18.6 Å². The fraction of sp³-hybridized carbons (Fsp3) is 0.385. The smallest absolute Gasteiger partial charge is 0.227 e. The summed E-state index contributed by atoms with van der Waals surface area (Å²) < 4.78 is 11.4. The Bertz CT molecular complexity index is 1140. The number of benzene rings is 1. The zero-order valence-corrected chi connectivity index (χ0v) is 19.9. The first-order valence-corrected chi connectivity index (χ1v) is 11.8. The highest BCUT2D eigenvalue weighted by molar-refractivity contribution is 5.66. The van der Waals surface area contributed by atoms with Crippen LogP contribution in [0, 0.1) is 0 Å². The molecule has 1 fully saturated rings. The number of nitrogens with one attached hydrogen (secondary N) is 1. The van der Waals surface area contributed by atoms with Gasteiger partial charge in [0.2, 0.25) is 5.95 Å². The van der Waals surface area contributed by atoms with Gasteiger partial charge in [-0.1, -0.05) is 12.2 Å². The quantitative estimate of drug-likeness (QED) is 0.551. The Hall–Kier alpha value is -3.20. The van der Waals surface area contributed by atoms with Gasteiger partial charge >= 0.3 is 0 Å². The molecule has 0 atom stereocenters. The lowest BCUT2D eigenvalue weighted by Gasteiger charge is -2.35. The molecule has 8 nitrogen and oxygen atoms in total. The second kappa shape index (κ2) is 10.4. The van der Waals surface area contributed by atoms with E-state index in [1.54, 1.807) is 12.5 Å². The number of hydrogen-bond donors (Lipinski definition) is 1. The highest BCUT2D eigenvalue weighted by Crippen LogP contribution is 2.28. The van der Waals surface area contributed by atoms with Crippen LogP contribution >= 0.6 is 0 Å². The highest BCUT2D eigenvalue weighted by Gasteiger charge is 2.18. The van der Waals surface area contributed by atoms with Gasteiger partial charge in [0, 0.05) is 62.4 Å². The van der Waals surface area contributed by atoms with Gasteiger partial charge in [-0.3, -0.25) is 4.90 Å². The van der Waals surface area contributed by atoms with Gasteiger partial charge in [-0.15, -0.1) is 0 Å². The van der Waals surface area contributed by atoms with E-state index in [0.717, 1.165) is 62.0 Å². The zero-order valence-electron chi connectivity index (χ0n) is 19.9. The number of ether oxygens (including phenoxy) is 1. The van der Waals surface area contributed by atoms with Crippen LogP contribution in [0.3, 0.4) is 0 Å². The Morgan fingerprint density at radius 2 is 1.85 bits per heavy atom. The van der Waals surface area contributed by atoms with Crippen molar-refractivity contribution in [3.63, 3.8) is 0 Å². The van der Waals surface area contributed by atoms with Gasteiger partial charge in [-0.05, 0) is 50.0 Å². The van der Waals surface area contributed by atoms with Crippen molar-refractivity contribution in [2.75, 3.05) is 63.6 Å². The molecule has 178 valence electrons. The molecule has 0 aliphatic carbocycles. The Kier molecular flexibility index (Phi) is 6.89. The summed E-state index contributed by atoms with van der Waals surface area (Å²) in [5.74, 6) is 1.34. The van der Waals surface area contributed by atoms with E-state index in [4.69, 9.17) is 14.1 Å². The Morgan fingerprint density at radius 1 is 0.971 bits per heavy atom. The highest BCUT2D eigenvalue weighted by atomic mass is 16.5. The molecule has 0 saturated carbocycles. The van der Waals surface area contributed by atoms with Gasteiger partial charge in [-0.2, -0.15) is 0 Å². The number of rotatable bonds is 1. The fourth-order valence-electron chi connectivity index (χ4n) is 4.35. The fourth-order valence-corrected chi connectivity index (χ4v) is 4.35. The lowest BCUT2D eigenvalue weighted by atomic mass is 10.1. The van der Waals surface area contributed by atoms with Gasteiger partial charge in [0.25, 0.3) is 0 Å². The Balaban J connectivity index is 1.47. The third-order valence-corrected chi connectivity index (χ3v) is 6.27. The number of fused-ring (bicyclic) bond motifs is 7. The number of aromatic nitrogens is 2. The van der Waals surface area contributed by atoms with Crippen LogP contribution in [0.25, 0.3) is 11.3 Å². The maximum absolute atomic E-state index is 5.75. The maximum Gasteiger partial charge on any atom is 0.227 e. The number of furan rings is 1. The second-order valence-electron chi connectivity index (χ2n) is 9.01. The molecule has 3 aromatic rings. The number of piperazine rings is 1. The summed E-state index contributed by atoms with van der Waals surface area (Å²) in [4.78, 5) is 16.3. The molecule has 2 aliphatic rings. The largest absolute Gasteiger partial charge is 0.466 e. The van der Waals surface area contributed by atoms with E-state index in [1.165, 1.54) is 11.3 Å². The van der Waals surface area contributed by atoms with Crippen LogP contribution in [-0.4, -0.2) is 73.2 Å². The summed E-state index contributed by atoms with van der Waals surface area (Å²) >= 11 is 0. The molecular formula is C26H32N6O2. The van der Waals surface area contributed by atoms with Crippen LogP contribution < -0.4 is 10.2 Å². The van der Waals surface area contributed by atoms with E-state index in [0.29, 0.717) is 19.2 Å². The summed E-state index contributed by atoms with van der Waals surface area (Å²) in [5, 5.41) is 3.40. The van der Waals surface area contributed by atoms with E-state index < -0.39 is 0 Å². The van der Waals surface area contributed by atoms with E-state index in [2.05, 4.69) is 69.4 Å². The Morgan fingerprint density at radius 3 is 2.74 bits per heavy atom. The molecule has 34 heavy (non-hydrogen) atoms. The van der Waals surface area contributed by atoms with Crippen LogP contribution in [0.4, 0.5) is 17.3 Å².